The van der Waals surface area contributed by atoms with Crippen molar-refractivity contribution in [3.05, 3.63) is 82.2 Å². The smallest absolute Gasteiger partial charge is 0.180 e. The highest BCUT2D eigenvalue weighted by Gasteiger charge is 2.23. The van der Waals surface area contributed by atoms with E-state index in [9.17, 15) is 0 Å². The number of aromatic nitrogens is 2. The van der Waals surface area contributed by atoms with Crippen LogP contribution in [0.2, 0.25) is 10.0 Å². The van der Waals surface area contributed by atoms with E-state index < -0.39 is 0 Å². The Bertz CT molecular complexity index is 763. The van der Waals surface area contributed by atoms with E-state index in [2.05, 4.69) is 14.9 Å². The number of hydrogen-bond acceptors (Lipinski definition) is 4. The van der Waals surface area contributed by atoms with Crippen molar-refractivity contribution < 1.29 is 4.42 Å². The zero-order chi connectivity index (χ0) is 16.2. The Morgan fingerprint density at radius 2 is 2.13 bits per heavy atom. The van der Waals surface area contributed by atoms with Gasteiger partial charge in [0, 0.05) is 29.0 Å². The molecule has 0 saturated heterocycles. The van der Waals surface area contributed by atoms with Crippen LogP contribution in [0.1, 0.15) is 22.9 Å². The SMILES string of the molecule is CN(Cc1cocn1)C(c1cccnc1)c1ccc(Cl)cc1Cl. The highest BCUT2D eigenvalue weighted by Crippen LogP contribution is 2.34. The summed E-state index contributed by atoms with van der Waals surface area (Å²) < 4.78 is 5.05. The molecule has 0 bridgehead atoms. The molecule has 0 N–H and O–H groups in total. The molecular weight excluding hydrogens is 333 g/mol. The molecule has 3 aromatic rings. The van der Waals surface area contributed by atoms with E-state index in [0.29, 0.717) is 16.6 Å². The van der Waals surface area contributed by atoms with E-state index in [-0.39, 0.29) is 6.04 Å². The summed E-state index contributed by atoms with van der Waals surface area (Å²) >= 11 is 12.5. The van der Waals surface area contributed by atoms with Gasteiger partial charge in [-0.25, -0.2) is 4.98 Å². The van der Waals surface area contributed by atoms with Crippen molar-refractivity contribution in [1.82, 2.24) is 14.9 Å². The fourth-order valence-corrected chi connectivity index (χ4v) is 3.11. The minimum Gasteiger partial charge on any atom is -0.451 e. The quantitative estimate of drug-likeness (QED) is 0.676. The molecule has 0 saturated carbocycles. The van der Waals surface area contributed by atoms with Crippen LogP contribution >= 0.6 is 23.2 Å². The molecule has 1 atom stereocenters. The summed E-state index contributed by atoms with van der Waals surface area (Å²) in [5, 5.41) is 1.24. The Hall–Kier alpha value is -1.88. The van der Waals surface area contributed by atoms with Gasteiger partial charge in [0.15, 0.2) is 6.39 Å². The van der Waals surface area contributed by atoms with Gasteiger partial charge < -0.3 is 4.42 Å². The number of benzene rings is 1. The van der Waals surface area contributed by atoms with Gasteiger partial charge in [-0.05, 0) is 36.4 Å². The molecule has 2 heterocycles. The predicted octanol–water partition coefficient (Wildman–Crippen LogP) is 4.60. The predicted molar refractivity (Wildman–Crippen MR) is 90.5 cm³/mol. The normalized spacial score (nSPS) is 12.5. The molecule has 0 amide bonds. The van der Waals surface area contributed by atoms with E-state index in [1.807, 2.05) is 37.5 Å². The van der Waals surface area contributed by atoms with Crippen LogP contribution in [0.5, 0.6) is 0 Å². The standard InChI is InChI=1S/C17H15Cl2N3O/c1-22(9-14-10-23-11-21-14)17(12-3-2-6-20-8-12)15-5-4-13(18)7-16(15)19/h2-8,10-11,17H,9H2,1H3. The highest BCUT2D eigenvalue weighted by atomic mass is 35.5. The number of rotatable bonds is 5. The van der Waals surface area contributed by atoms with Crippen LogP contribution in [-0.4, -0.2) is 21.9 Å². The van der Waals surface area contributed by atoms with Crippen LogP contribution in [0.25, 0.3) is 0 Å². The summed E-state index contributed by atoms with van der Waals surface area (Å²) in [4.78, 5) is 10.6. The number of oxazole rings is 1. The minimum atomic E-state index is -0.0647. The van der Waals surface area contributed by atoms with Gasteiger partial charge in [0.05, 0.1) is 11.7 Å². The van der Waals surface area contributed by atoms with Crippen LogP contribution in [0.3, 0.4) is 0 Å². The van der Waals surface area contributed by atoms with Crippen molar-refractivity contribution in [2.24, 2.45) is 0 Å². The molecule has 1 unspecified atom stereocenters. The molecule has 0 fully saturated rings. The largest absolute Gasteiger partial charge is 0.451 e. The summed E-state index contributed by atoms with van der Waals surface area (Å²) in [7, 11) is 2.01. The molecule has 1 aromatic carbocycles. The Balaban J connectivity index is 1.99. The first-order valence-corrected chi connectivity index (χ1v) is 7.83. The van der Waals surface area contributed by atoms with Gasteiger partial charge in [0.25, 0.3) is 0 Å². The van der Waals surface area contributed by atoms with Gasteiger partial charge >= 0.3 is 0 Å². The van der Waals surface area contributed by atoms with Gasteiger partial charge in [0.2, 0.25) is 0 Å². The zero-order valence-corrected chi connectivity index (χ0v) is 14.0. The summed E-state index contributed by atoms with van der Waals surface area (Å²) in [6.45, 7) is 0.620. The molecule has 0 radical (unpaired) electrons. The molecule has 0 aliphatic carbocycles. The third-order valence-electron chi connectivity index (χ3n) is 3.59. The van der Waals surface area contributed by atoms with Crippen molar-refractivity contribution in [1.29, 1.82) is 0 Å². The van der Waals surface area contributed by atoms with Gasteiger partial charge in [0.1, 0.15) is 6.26 Å². The zero-order valence-electron chi connectivity index (χ0n) is 12.5. The molecule has 0 aliphatic rings. The molecule has 4 nitrogen and oxygen atoms in total. The number of halogens is 2. The van der Waals surface area contributed by atoms with E-state index in [4.69, 9.17) is 27.6 Å². The van der Waals surface area contributed by atoms with Crippen LogP contribution in [-0.2, 0) is 6.54 Å². The maximum atomic E-state index is 6.43. The maximum Gasteiger partial charge on any atom is 0.180 e. The van der Waals surface area contributed by atoms with E-state index in [0.717, 1.165) is 16.8 Å². The van der Waals surface area contributed by atoms with Crippen molar-refractivity contribution >= 4 is 23.2 Å². The second-order valence-electron chi connectivity index (χ2n) is 5.25. The number of nitrogens with zero attached hydrogens (tertiary/aromatic N) is 3. The van der Waals surface area contributed by atoms with Crippen LogP contribution in [0.4, 0.5) is 0 Å². The monoisotopic (exact) mass is 347 g/mol. The first kappa shape index (κ1) is 16.0. The van der Waals surface area contributed by atoms with Crippen molar-refractivity contribution in [3.63, 3.8) is 0 Å². The average molecular weight is 348 g/mol. The molecule has 6 heteroatoms. The molecular formula is C17H15Cl2N3O. The molecule has 0 spiro atoms. The lowest BCUT2D eigenvalue weighted by Gasteiger charge is -2.28. The van der Waals surface area contributed by atoms with Crippen LogP contribution < -0.4 is 0 Å². The summed E-state index contributed by atoms with van der Waals surface area (Å²) in [6, 6.07) is 9.42. The lowest BCUT2D eigenvalue weighted by Crippen LogP contribution is -2.25. The lowest BCUT2D eigenvalue weighted by molar-refractivity contribution is 0.267. The van der Waals surface area contributed by atoms with Crippen molar-refractivity contribution in [2.75, 3.05) is 7.05 Å². The van der Waals surface area contributed by atoms with Crippen molar-refractivity contribution in [3.8, 4) is 0 Å². The van der Waals surface area contributed by atoms with E-state index in [1.54, 1.807) is 18.5 Å². The van der Waals surface area contributed by atoms with Crippen molar-refractivity contribution in [2.45, 2.75) is 12.6 Å². The van der Waals surface area contributed by atoms with Gasteiger partial charge in [-0.2, -0.15) is 0 Å². The van der Waals surface area contributed by atoms with E-state index in [1.165, 1.54) is 6.39 Å². The second kappa shape index (κ2) is 7.13. The van der Waals surface area contributed by atoms with E-state index >= 15 is 0 Å². The summed E-state index contributed by atoms with van der Waals surface area (Å²) in [5.74, 6) is 0. The molecule has 118 valence electrons. The minimum absolute atomic E-state index is 0.0647. The Labute approximate surface area is 144 Å². The van der Waals surface area contributed by atoms with Crippen LogP contribution in [0.15, 0.2) is 59.8 Å². The third-order valence-corrected chi connectivity index (χ3v) is 4.16. The maximum absolute atomic E-state index is 6.43. The first-order chi connectivity index (χ1) is 11.1. The number of pyridine rings is 1. The molecule has 2 aromatic heterocycles. The third kappa shape index (κ3) is 3.72. The highest BCUT2D eigenvalue weighted by molar-refractivity contribution is 6.35. The lowest BCUT2D eigenvalue weighted by atomic mass is 9.98. The molecule has 3 rings (SSSR count). The van der Waals surface area contributed by atoms with Gasteiger partial charge in [-0.1, -0.05) is 35.3 Å². The van der Waals surface area contributed by atoms with Gasteiger partial charge in [-0.15, -0.1) is 0 Å². The first-order valence-electron chi connectivity index (χ1n) is 7.07. The fourth-order valence-electron chi connectivity index (χ4n) is 2.59. The average Bonchev–Trinajstić information content (AvgIpc) is 3.04. The fraction of sp³-hybridized carbons (Fsp3) is 0.176. The Morgan fingerprint density at radius 1 is 1.26 bits per heavy atom. The van der Waals surface area contributed by atoms with Gasteiger partial charge in [-0.3, -0.25) is 9.88 Å². The topological polar surface area (TPSA) is 42.2 Å². The number of hydrogen-bond donors (Lipinski definition) is 0. The summed E-state index contributed by atoms with van der Waals surface area (Å²) in [6.07, 6.45) is 6.66. The second-order valence-corrected chi connectivity index (χ2v) is 6.09. The van der Waals surface area contributed by atoms with Crippen LogP contribution in [0, 0.1) is 0 Å². The summed E-state index contributed by atoms with van der Waals surface area (Å²) in [5.41, 5.74) is 2.87. The Morgan fingerprint density at radius 3 is 2.78 bits per heavy atom. The molecule has 0 aliphatic heterocycles. The molecule has 23 heavy (non-hydrogen) atoms. The Kier molecular flexibility index (Phi) is 4.96.